The van der Waals surface area contributed by atoms with Crippen molar-refractivity contribution in [1.82, 2.24) is 0 Å². The van der Waals surface area contributed by atoms with Gasteiger partial charge >= 0.3 is 0 Å². The highest BCUT2D eigenvalue weighted by molar-refractivity contribution is 7.76. The molecule has 0 aromatic rings. The van der Waals surface area contributed by atoms with Crippen molar-refractivity contribution in [2.45, 2.75) is 134 Å². The van der Waals surface area contributed by atoms with Crippen molar-refractivity contribution in [3.8, 4) is 0 Å². The molecule has 0 fully saturated rings. The van der Waals surface area contributed by atoms with Crippen LogP contribution in [0.15, 0.2) is 0 Å². The largest absolute Gasteiger partial charge is 0.0652 e. The lowest BCUT2D eigenvalue weighted by molar-refractivity contribution is 0.662. The molecule has 0 aromatic heterocycles. The minimum absolute atomic E-state index is 0.562. The summed E-state index contributed by atoms with van der Waals surface area (Å²) in [7, 11) is -1.28. The predicted octanol–water partition coefficient (Wildman–Crippen LogP) is 11.8. The maximum absolute atomic E-state index is 2.41. The molecule has 0 spiro atoms. The van der Waals surface area contributed by atoms with Gasteiger partial charge in [0.2, 0.25) is 0 Å². The van der Waals surface area contributed by atoms with Crippen molar-refractivity contribution in [1.29, 1.82) is 0 Å². The Balaban J connectivity index is 0. The Kier molecular flexibility index (Phi) is 23.8. The second-order valence-corrected chi connectivity index (χ2v) is 21.9. The summed E-state index contributed by atoms with van der Waals surface area (Å²) in [5.74, 6) is 3.50. The summed E-state index contributed by atoms with van der Waals surface area (Å²) in [4.78, 5) is 0. The Morgan fingerprint density at radius 3 is 0.706 bits per heavy atom. The van der Waals surface area contributed by atoms with E-state index in [1.807, 2.05) is 0 Å². The fourth-order valence-electron chi connectivity index (χ4n) is 6.19. The molecule has 0 N–H and O–H groups in total. The van der Waals surface area contributed by atoms with Gasteiger partial charge in [0.1, 0.15) is 0 Å². The van der Waals surface area contributed by atoms with Gasteiger partial charge in [-0.3, -0.25) is 0 Å². The van der Waals surface area contributed by atoms with E-state index >= 15 is 0 Å². The minimum Gasteiger partial charge on any atom is -0.0652 e. The molecule has 2 heteroatoms. The third-order valence-electron chi connectivity index (χ3n) is 6.95. The van der Waals surface area contributed by atoms with E-state index in [1.165, 1.54) is 76.0 Å². The van der Waals surface area contributed by atoms with Crippen LogP contribution in [-0.4, -0.2) is 49.3 Å². The molecule has 208 valence electrons. The van der Waals surface area contributed by atoms with Gasteiger partial charge in [-0.25, -0.2) is 0 Å². The first-order chi connectivity index (χ1) is 15.9. The number of unbranched alkanes of at least 4 members (excludes halogenated alkanes) is 4. The van der Waals surface area contributed by atoms with E-state index < -0.39 is 14.5 Å². The van der Waals surface area contributed by atoms with Crippen LogP contribution in [0.4, 0.5) is 0 Å². The van der Waals surface area contributed by atoms with E-state index in [0.717, 1.165) is 23.7 Å². The first kappa shape index (κ1) is 37.0. The lowest BCUT2D eigenvalue weighted by Crippen LogP contribution is -2.22. The summed E-state index contributed by atoms with van der Waals surface area (Å²) in [6.45, 7) is 28.7. The SMILES string of the molecule is CC(C)C[P+](CC(C)C)(CC(C)C)CC(C)C.CCCC[P+](CCCC)(CCCC)CCCC. The zero-order valence-corrected chi connectivity index (χ0v) is 28.3. The Labute approximate surface area is 221 Å². The average molecular weight is 519 g/mol. The zero-order valence-electron chi connectivity index (χ0n) is 26.5. The zero-order chi connectivity index (χ0) is 26.6. The standard InChI is InChI=1S/2C16H36P/c1-13(2)9-17(10-14(3)4,11-15(5)6)12-16(7)8;1-5-9-13-17(14-10-6-2,15-11-7-3)16-12-8-4/h13-16H,9-12H2,1-8H3;5-16H2,1-4H3/q2*+1. The van der Waals surface area contributed by atoms with Crippen molar-refractivity contribution in [2.24, 2.45) is 23.7 Å². The molecule has 0 unspecified atom stereocenters. The highest BCUT2D eigenvalue weighted by Gasteiger charge is 2.39. The molecule has 0 aliphatic heterocycles. The molecule has 0 saturated carbocycles. The van der Waals surface area contributed by atoms with Crippen LogP contribution in [0, 0.1) is 23.7 Å². The summed E-state index contributed by atoms with van der Waals surface area (Å²) < 4.78 is 0. The average Bonchev–Trinajstić information content (AvgIpc) is 2.71. The van der Waals surface area contributed by atoms with E-state index in [-0.39, 0.29) is 0 Å². The smallest absolute Gasteiger partial charge is 0.0617 e. The van der Waals surface area contributed by atoms with Crippen LogP contribution in [-0.2, 0) is 0 Å². The maximum atomic E-state index is 2.41. The molecular formula is C32H72P2+2. The predicted molar refractivity (Wildman–Crippen MR) is 172 cm³/mol. The Bertz CT molecular complexity index is 342. The third kappa shape index (κ3) is 20.0. The van der Waals surface area contributed by atoms with Gasteiger partial charge in [0.15, 0.2) is 0 Å². The molecule has 0 aliphatic carbocycles. The topological polar surface area (TPSA) is 0 Å². The van der Waals surface area contributed by atoms with E-state index in [1.54, 1.807) is 24.6 Å². The molecule has 0 aliphatic rings. The van der Waals surface area contributed by atoms with Crippen LogP contribution in [0.1, 0.15) is 134 Å². The minimum atomic E-state index is -0.721. The van der Waals surface area contributed by atoms with Crippen LogP contribution >= 0.6 is 14.5 Å². The second kappa shape index (κ2) is 21.9. The molecule has 0 heterocycles. The summed E-state index contributed by atoms with van der Waals surface area (Å²) in [5.41, 5.74) is 0. The first-order valence-electron chi connectivity index (χ1n) is 15.6. The molecule has 0 aromatic carbocycles. The Morgan fingerprint density at radius 2 is 0.559 bits per heavy atom. The van der Waals surface area contributed by atoms with Gasteiger partial charge in [-0.15, -0.1) is 0 Å². The molecule has 0 rings (SSSR count). The van der Waals surface area contributed by atoms with E-state index in [4.69, 9.17) is 0 Å². The Morgan fingerprint density at radius 1 is 0.353 bits per heavy atom. The summed E-state index contributed by atoms with van der Waals surface area (Å²) in [6, 6.07) is 0. The van der Waals surface area contributed by atoms with Gasteiger partial charge in [-0.1, -0.05) is 109 Å². The quantitative estimate of drug-likeness (QED) is 0.141. The number of rotatable bonds is 20. The van der Waals surface area contributed by atoms with Crippen LogP contribution < -0.4 is 0 Å². The van der Waals surface area contributed by atoms with Gasteiger partial charge in [-0.05, 0) is 49.4 Å². The highest BCUT2D eigenvalue weighted by atomic mass is 31.2. The number of hydrogen-bond donors (Lipinski definition) is 0. The fraction of sp³-hybridized carbons (Fsp3) is 1.00. The lowest BCUT2D eigenvalue weighted by Gasteiger charge is -2.33. The molecule has 0 saturated heterocycles. The van der Waals surface area contributed by atoms with Crippen LogP contribution in [0.5, 0.6) is 0 Å². The summed E-state index contributed by atoms with van der Waals surface area (Å²) in [6.07, 6.45) is 24.0. The molecular weight excluding hydrogens is 446 g/mol. The van der Waals surface area contributed by atoms with E-state index in [2.05, 4.69) is 83.1 Å². The molecule has 0 nitrogen and oxygen atoms in total. The lowest BCUT2D eigenvalue weighted by atomic mass is 10.2. The molecule has 0 radical (unpaired) electrons. The van der Waals surface area contributed by atoms with Crippen molar-refractivity contribution < 1.29 is 0 Å². The van der Waals surface area contributed by atoms with E-state index in [9.17, 15) is 0 Å². The molecule has 0 atom stereocenters. The van der Waals surface area contributed by atoms with Crippen LogP contribution in [0.25, 0.3) is 0 Å². The second-order valence-electron chi connectivity index (χ2n) is 13.3. The van der Waals surface area contributed by atoms with Crippen molar-refractivity contribution in [3.05, 3.63) is 0 Å². The van der Waals surface area contributed by atoms with Gasteiger partial charge in [-0.2, -0.15) is 0 Å². The maximum Gasteiger partial charge on any atom is 0.0617 e. The number of hydrogen-bond acceptors (Lipinski definition) is 0. The molecule has 0 amide bonds. The molecule has 34 heavy (non-hydrogen) atoms. The van der Waals surface area contributed by atoms with Crippen LogP contribution in [0.3, 0.4) is 0 Å². The van der Waals surface area contributed by atoms with Gasteiger partial charge in [0.25, 0.3) is 0 Å². The summed E-state index contributed by atoms with van der Waals surface area (Å²) in [5, 5.41) is 0. The van der Waals surface area contributed by atoms with Gasteiger partial charge < -0.3 is 0 Å². The van der Waals surface area contributed by atoms with Gasteiger partial charge in [0, 0.05) is 14.5 Å². The van der Waals surface area contributed by atoms with Crippen LogP contribution in [0.2, 0.25) is 0 Å². The summed E-state index contributed by atoms with van der Waals surface area (Å²) >= 11 is 0. The first-order valence-corrected chi connectivity index (χ1v) is 20.7. The van der Waals surface area contributed by atoms with Crippen molar-refractivity contribution >= 4 is 14.5 Å². The van der Waals surface area contributed by atoms with Crippen molar-refractivity contribution in [2.75, 3.05) is 49.3 Å². The van der Waals surface area contributed by atoms with Crippen molar-refractivity contribution in [3.63, 3.8) is 0 Å². The molecule has 0 bridgehead atoms. The third-order valence-corrected chi connectivity index (χ3v) is 18.0. The highest BCUT2D eigenvalue weighted by Crippen LogP contribution is 2.63. The fourth-order valence-corrected chi connectivity index (χ4v) is 18.6. The van der Waals surface area contributed by atoms with E-state index in [0.29, 0.717) is 0 Å². The normalized spacial score (nSPS) is 12.7. The van der Waals surface area contributed by atoms with Gasteiger partial charge in [0.05, 0.1) is 49.3 Å². The Hall–Kier alpha value is 0.860. The monoisotopic (exact) mass is 519 g/mol.